The van der Waals surface area contributed by atoms with Crippen LogP contribution >= 0.6 is 39.7 Å². The Labute approximate surface area is 182 Å². The maximum Gasteiger partial charge on any atom is 0.191 e. The zero-order valence-corrected chi connectivity index (χ0v) is 18.1. The quantitative estimate of drug-likeness (QED) is 0.251. The van der Waals surface area contributed by atoms with E-state index in [1.165, 1.54) is 0 Å². The van der Waals surface area contributed by atoms with Gasteiger partial charge in [0.1, 0.15) is 11.5 Å². The molecular weight excluding hydrogens is 458 g/mol. The molecule has 0 fully saturated rings. The number of hydrogen-bond donors (Lipinski definition) is 2. The molecule has 0 saturated heterocycles. The molecule has 0 radical (unpaired) electrons. The summed E-state index contributed by atoms with van der Waals surface area (Å²) in [5, 5.41) is 8.29. The van der Waals surface area contributed by atoms with E-state index in [0.717, 1.165) is 27.0 Å². The number of aryl methyl sites for hydroxylation is 1. The van der Waals surface area contributed by atoms with E-state index in [0.29, 0.717) is 15.9 Å². The van der Waals surface area contributed by atoms with Crippen molar-refractivity contribution in [3.8, 4) is 11.5 Å². The second-order valence-corrected chi connectivity index (χ2v) is 7.64. The summed E-state index contributed by atoms with van der Waals surface area (Å²) in [6, 6.07) is 20.9. The van der Waals surface area contributed by atoms with Gasteiger partial charge in [-0.1, -0.05) is 33.6 Å². The van der Waals surface area contributed by atoms with Gasteiger partial charge in [-0.2, -0.15) is 5.10 Å². The van der Waals surface area contributed by atoms with Crippen LogP contribution in [0.15, 0.2) is 76.3 Å². The third-order valence-corrected chi connectivity index (χ3v) is 4.87. The molecule has 2 N–H and O–H groups in total. The first-order chi connectivity index (χ1) is 13.5. The molecule has 0 amide bonds. The van der Waals surface area contributed by atoms with E-state index in [1.807, 2.05) is 67.6 Å². The van der Waals surface area contributed by atoms with Gasteiger partial charge in [-0.3, -0.25) is 5.43 Å². The molecule has 142 valence electrons. The van der Waals surface area contributed by atoms with Crippen molar-refractivity contribution in [3.63, 3.8) is 0 Å². The molecule has 3 aromatic rings. The second kappa shape index (κ2) is 9.68. The molecule has 0 unspecified atom stereocenters. The molecule has 0 aliphatic heterocycles. The molecule has 28 heavy (non-hydrogen) atoms. The first kappa shape index (κ1) is 20.3. The number of nitrogens with one attached hydrogen (secondary N) is 2. The number of hydrazone groups is 1. The fourth-order valence-corrected chi connectivity index (χ4v) is 2.86. The van der Waals surface area contributed by atoms with Gasteiger partial charge >= 0.3 is 0 Å². The minimum absolute atomic E-state index is 0.412. The van der Waals surface area contributed by atoms with Gasteiger partial charge in [0.2, 0.25) is 0 Å². The lowest BCUT2D eigenvalue weighted by atomic mass is 10.2. The maximum absolute atomic E-state index is 6.12. The van der Waals surface area contributed by atoms with Gasteiger partial charge < -0.3 is 10.1 Å². The van der Waals surface area contributed by atoms with Gasteiger partial charge in [0.05, 0.1) is 6.21 Å². The van der Waals surface area contributed by atoms with Gasteiger partial charge in [0.15, 0.2) is 5.11 Å². The molecule has 0 aromatic heterocycles. The van der Waals surface area contributed by atoms with Crippen molar-refractivity contribution in [2.45, 2.75) is 6.92 Å². The number of anilines is 1. The Morgan fingerprint density at radius 3 is 2.39 bits per heavy atom. The maximum atomic E-state index is 6.12. The Morgan fingerprint density at radius 1 is 1.04 bits per heavy atom. The normalized spacial score (nSPS) is 10.7. The van der Waals surface area contributed by atoms with Crippen LogP contribution < -0.4 is 15.5 Å². The average molecular weight is 475 g/mol. The van der Waals surface area contributed by atoms with E-state index in [4.69, 9.17) is 28.6 Å². The van der Waals surface area contributed by atoms with Crippen LogP contribution in [0, 0.1) is 6.92 Å². The van der Waals surface area contributed by atoms with Gasteiger partial charge in [0, 0.05) is 15.2 Å². The molecule has 0 aliphatic carbocycles. The fraction of sp³-hybridized carbons (Fsp3) is 0.0476. The molecule has 0 aliphatic rings. The first-order valence-electron chi connectivity index (χ1n) is 8.39. The first-order valence-corrected chi connectivity index (χ1v) is 9.97. The highest BCUT2D eigenvalue weighted by atomic mass is 79.9. The van der Waals surface area contributed by atoms with Crippen molar-refractivity contribution < 1.29 is 4.74 Å². The summed E-state index contributed by atoms with van der Waals surface area (Å²) >= 11 is 14.7. The van der Waals surface area contributed by atoms with Crippen LogP contribution in [-0.4, -0.2) is 11.3 Å². The monoisotopic (exact) mass is 473 g/mol. The molecule has 0 spiro atoms. The van der Waals surface area contributed by atoms with Crippen LogP contribution in [0.5, 0.6) is 11.5 Å². The van der Waals surface area contributed by atoms with E-state index in [9.17, 15) is 0 Å². The van der Waals surface area contributed by atoms with Gasteiger partial charge in [0.25, 0.3) is 0 Å². The van der Waals surface area contributed by atoms with Crippen LogP contribution in [0.3, 0.4) is 0 Å². The Kier molecular flexibility index (Phi) is 7.03. The summed E-state index contributed by atoms with van der Waals surface area (Å²) in [5.74, 6) is 1.42. The number of halogens is 2. The summed E-state index contributed by atoms with van der Waals surface area (Å²) < 4.78 is 6.82. The summed E-state index contributed by atoms with van der Waals surface area (Å²) in [4.78, 5) is 0. The second-order valence-electron chi connectivity index (χ2n) is 5.91. The number of thiocarbonyl (C=S) groups is 1. The third kappa shape index (κ3) is 6.05. The predicted molar refractivity (Wildman–Crippen MR) is 124 cm³/mol. The zero-order chi connectivity index (χ0) is 19.9. The molecular formula is C21H17BrClN3OS. The molecule has 3 rings (SSSR count). The van der Waals surface area contributed by atoms with Crippen LogP contribution in [0.25, 0.3) is 0 Å². The van der Waals surface area contributed by atoms with Crippen molar-refractivity contribution in [2.75, 3.05) is 5.32 Å². The lowest BCUT2D eigenvalue weighted by molar-refractivity contribution is 0.482. The Bertz CT molecular complexity index is 992. The molecule has 7 heteroatoms. The van der Waals surface area contributed by atoms with Crippen LogP contribution in [0.1, 0.15) is 11.1 Å². The van der Waals surface area contributed by atoms with Gasteiger partial charge in [-0.15, -0.1) is 0 Å². The third-order valence-electron chi connectivity index (χ3n) is 3.74. The number of benzene rings is 3. The molecule has 0 heterocycles. The summed E-state index contributed by atoms with van der Waals surface area (Å²) in [7, 11) is 0. The molecule has 0 bridgehead atoms. The number of nitrogens with zero attached hydrogens (tertiary/aromatic N) is 1. The topological polar surface area (TPSA) is 45.6 Å². The fourth-order valence-electron chi connectivity index (χ4n) is 2.25. The highest BCUT2D eigenvalue weighted by Gasteiger charge is 2.01. The predicted octanol–water partition coefficient (Wildman–Crippen LogP) is 6.52. The van der Waals surface area contributed by atoms with Crippen molar-refractivity contribution in [2.24, 2.45) is 5.10 Å². The molecule has 4 nitrogen and oxygen atoms in total. The largest absolute Gasteiger partial charge is 0.457 e. The molecule has 0 saturated carbocycles. The van der Waals surface area contributed by atoms with E-state index in [2.05, 4.69) is 31.8 Å². The van der Waals surface area contributed by atoms with Gasteiger partial charge in [-0.25, -0.2) is 0 Å². The van der Waals surface area contributed by atoms with Crippen molar-refractivity contribution in [3.05, 3.63) is 87.4 Å². The van der Waals surface area contributed by atoms with Crippen molar-refractivity contribution in [1.29, 1.82) is 0 Å². The highest BCUT2D eigenvalue weighted by molar-refractivity contribution is 9.10. The highest BCUT2D eigenvalue weighted by Crippen LogP contribution is 2.26. The van der Waals surface area contributed by atoms with Crippen LogP contribution in [0.4, 0.5) is 5.69 Å². The minimum Gasteiger partial charge on any atom is -0.457 e. The molecule has 3 aromatic carbocycles. The summed E-state index contributed by atoms with van der Waals surface area (Å²) in [6.07, 6.45) is 1.68. The average Bonchev–Trinajstić information content (AvgIpc) is 2.68. The van der Waals surface area contributed by atoms with Crippen LogP contribution in [-0.2, 0) is 0 Å². The number of hydrogen-bond acceptors (Lipinski definition) is 3. The van der Waals surface area contributed by atoms with E-state index in [1.54, 1.807) is 12.3 Å². The Morgan fingerprint density at radius 2 is 1.71 bits per heavy atom. The van der Waals surface area contributed by atoms with Crippen LogP contribution in [0.2, 0.25) is 5.02 Å². The minimum atomic E-state index is 0.412. The summed E-state index contributed by atoms with van der Waals surface area (Å²) in [6.45, 7) is 1.95. The SMILES string of the molecule is Cc1ccc(Oc2ccc(/C=N/NC(=S)Nc3ccc(Br)cc3)cc2)cc1Cl. The zero-order valence-electron chi connectivity index (χ0n) is 14.9. The Balaban J connectivity index is 1.52. The van der Waals surface area contributed by atoms with E-state index >= 15 is 0 Å². The smallest absolute Gasteiger partial charge is 0.191 e. The van der Waals surface area contributed by atoms with Crippen molar-refractivity contribution >= 4 is 56.8 Å². The van der Waals surface area contributed by atoms with E-state index in [-0.39, 0.29) is 0 Å². The molecule has 0 atom stereocenters. The van der Waals surface area contributed by atoms with Gasteiger partial charge in [-0.05, 0) is 90.9 Å². The lowest BCUT2D eigenvalue weighted by Crippen LogP contribution is -2.23. The number of rotatable bonds is 5. The number of ether oxygens (including phenoxy) is 1. The lowest BCUT2D eigenvalue weighted by Gasteiger charge is -2.08. The standard InChI is InChI=1S/C21H17BrClN3OS/c1-14-2-9-19(12-20(14)23)27-18-10-3-15(4-11-18)13-24-26-21(28)25-17-7-5-16(22)6-8-17/h2-13H,1H3,(H2,25,26,28)/b24-13+. The summed E-state index contributed by atoms with van der Waals surface area (Å²) in [5.41, 5.74) is 5.60. The van der Waals surface area contributed by atoms with Crippen molar-refractivity contribution in [1.82, 2.24) is 5.43 Å². The van der Waals surface area contributed by atoms with E-state index < -0.39 is 0 Å². The Hall–Kier alpha value is -2.41.